The fraction of sp³-hybridized carbons (Fsp3) is 0.611. The van der Waals surface area contributed by atoms with E-state index in [9.17, 15) is 4.79 Å². The van der Waals surface area contributed by atoms with Gasteiger partial charge in [0, 0.05) is 24.7 Å². The number of nitrogens with two attached hydrogens (primary N) is 1. The molecule has 0 spiro atoms. The maximum Gasteiger partial charge on any atom is 0.228 e. The number of carbonyl (C=O) groups is 1. The van der Waals surface area contributed by atoms with Gasteiger partial charge in [0.05, 0.1) is 0 Å². The van der Waals surface area contributed by atoms with E-state index >= 15 is 0 Å². The van der Waals surface area contributed by atoms with Crippen LogP contribution in [0.2, 0.25) is 0 Å². The molecule has 3 nitrogen and oxygen atoms in total. The van der Waals surface area contributed by atoms with Gasteiger partial charge in [0.25, 0.3) is 0 Å². The first-order valence-corrected chi connectivity index (χ1v) is 8.01. The van der Waals surface area contributed by atoms with Crippen molar-refractivity contribution in [3.8, 4) is 0 Å². The van der Waals surface area contributed by atoms with Crippen LogP contribution in [0.15, 0.2) is 24.3 Å². The van der Waals surface area contributed by atoms with Crippen molar-refractivity contribution in [2.45, 2.75) is 58.9 Å². The molecule has 1 aliphatic rings. The molecule has 0 fully saturated rings. The van der Waals surface area contributed by atoms with Crippen molar-refractivity contribution in [2.75, 3.05) is 11.4 Å². The van der Waals surface area contributed by atoms with Crippen molar-refractivity contribution in [3.05, 3.63) is 29.8 Å². The number of nitrogens with zero attached hydrogens (tertiary/aromatic N) is 1. The number of carbonyl (C=O) groups excluding carboxylic acids is 1. The number of fused-ring (bicyclic) bond motifs is 1. The predicted molar refractivity (Wildman–Crippen MR) is 88.4 cm³/mol. The number of amides is 1. The number of anilines is 1. The van der Waals surface area contributed by atoms with Crippen LogP contribution < -0.4 is 10.6 Å². The number of hydrogen-bond acceptors (Lipinski definition) is 2. The van der Waals surface area contributed by atoms with E-state index in [4.69, 9.17) is 5.73 Å². The molecule has 0 radical (unpaired) electrons. The largest absolute Gasteiger partial charge is 0.327 e. The smallest absolute Gasteiger partial charge is 0.228 e. The first-order valence-electron chi connectivity index (χ1n) is 8.01. The van der Waals surface area contributed by atoms with Crippen LogP contribution in [0, 0.1) is 5.41 Å². The summed E-state index contributed by atoms with van der Waals surface area (Å²) in [5.74, 6) is 0.168. The van der Waals surface area contributed by atoms with Gasteiger partial charge in [0.1, 0.15) is 0 Å². The lowest BCUT2D eigenvalue weighted by atomic mass is 9.87. The molecule has 2 N–H and O–H groups in total. The maximum absolute atomic E-state index is 12.7. The van der Waals surface area contributed by atoms with Crippen molar-refractivity contribution in [1.29, 1.82) is 0 Å². The van der Waals surface area contributed by atoms with Crippen molar-refractivity contribution >= 4 is 11.6 Å². The summed E-state index contributed by atoms with van der Waals surface area (Å²) in [6, 6.07) is 8.20. The molecule has 0 aliphatic carbocycles. The second kappa shape index (κ2) is 6.61. The highest BCUT2D eigenvalue weighted by molar-refractivity contribution is 5.94. The quantitative estimate of drug-likeness (QED) is 0.925. The summed E-state index contributed by atoms with van der Waals surface area (Å²) in [7, 11) is 0. The van der Waals surface area contributed by atoms with Crippen LogP contribution in [0.3, 0.4) is 0 Å². The molecule has 1 aliphatic heterocycles. The Bertz CT molecular complexity index is 490. The second-order valence-corrected chi connectivity index (χ2v) is 7.36. The summed E-state index contributed by atoms with van der Waals surface area (Å²) in [5, 5.41) is 0. The van der Waals surface area contributed by atoms with E-state index < -0.39 is 0 Å². The van der Waals surface area contributed by atoms with Crippen molar-refractivity contribution in [3.63, 3.8) is 0 Å². The van der Waals surface area contributed by atoms with E-state index in [0.29, 0.717) is 6.42 Å². The van der Waals surface area contributed by atoms with E-state index in [-0.39, 0.29) is 17.4 Å². The third-order valence-corrected chi connectivity index (χ3v) is 3.97. The third kappa shape index (κ3) is 4.57. The van der Waals surface area contributed by atoms with Gasteiger partial charge < -0.3 is 10.6 Å². The van der Waals surface area contributed by atoms with Gasteiger partial charge in [-0.2, -0.15) is 0 Å². The Hall–Kier alpha value is -1.35. The molecular weight excluding hydrogens is 260 g/mol. The van der Waals surface area contributed by atoms with E-state index in [2.05, 4.69) is 39.0 Å². The third-order valence-electron chi connectivity index (χ3n) is 3.97. The van der Waals surface area contributed by atoms with Gasteiger partial charge in [-0.15, -0.1) is 0 Å². The van der Waals surface area contributed by atoms with E-state index in [1.807, 2.05) is 11.0 Å². The predicted octanol–water partition coefficient (Wildman–Crippen LogP) is 3.51. The Balaban J connectivity index is 2.08. The van der Waals surface area contributed by atoms with Crippen LogP contribution in [-0.2, 0) is 11.2 Å². The van der Waals surface area contributed by atoms with Crippen LogP contribution in [0.5, 0.6) is 0 Å². The summed E-state index contributed by atoms with van der Waals surface area (Å²) >= 11 is 0. The minimum atomic E-state index is -0.0621. The fourth-order valence-corrected chi connectivity index (χ4v) is 3.14. The van der Waals surface area contributed by atoms with Crippen LogP contribution in [0.4, 0.5) is 5.69 Å². The topological polar surface area (TPSA) is 46.3 Å². The highest BCUT2D eigenvalue weighted by Crippen LogP contribution is 2.27. The molecule has 0 saturated carbocycles. The average Bonchev–Trinajstić information content (AvgIpc) is 2.58. The van der Waals surface area contributed by atoms with Crippen molar-refractivity contribution < 1.29 is 4.79 Å². The van der Waals surface area contributed by atoms with Crippen LogP contribution >= 0.6 is 0 Å². The Morgan fingerprint density at radius 1 is 1.29 bits per heavy atom. The molecule has 1 unspecified atom stereocenters. The summed E-state index contributed by atoms with van der Waals surface area (Å²) in [4.78, 5) is 14.6. The monoisotopic (exact) mass is 288 g/mol. The van der Waals surface area contributed by atoms with Gasteiger partial charge in [0.2, 0.25) is 5.91 Å². The molecular formula is C18H28N2O. The Kier molecular flexibility index (Phi) is 5.04. The molecule has 0 saturated heterocycles. The summed E-state index contributed by atoms with van der Waals surface area (Å²) in [5.41, 5.74) is 8.71. The Morgan fingerprint density at radius 2 is 2.00 bits per heavy atom. The van der Waals surface area contributed by atoms with Gasteiger partial charge >= 0.3 is 0 Å². The molecule has 21 heavy (non-hydrogen) atoms. The molecule has 116 valence electrons. The highest BCUT2D eigenvalue weighted by Gasteiger charge is 2.24. The Morgan fingerprint density at radius 3 is 2.71 bits per heavy atom. The first kappa shape index (κ1) is 16.0. The lowest BCUT2D eigenvalue weighted by Gasteiger charge is -2.27. The van der Waals surface area contributed by atoms with Gasteiger partial charge in [-0.05, 0) is 42.7 Å². The normalized spacial score (nSPS) is 17.0. The SMILES string of the molecule is CC(C)(C)CC(N)CC(=O)N1CCCCc2ccccc21. The molecule has 1 aromatic carbocycles. The van der Waals surface area contributed by atoms with Crippen molar-refractivity contribution in [1.82, 2.24) is 0 Å². The van der Waals surface area contributed by atoms with Gasteiger partial charge in [-0.3, -0.25) is 4.79 Å². The zero-order valence-electron chi connectivity index (χ0n) is 13.6. The minimum absolute atomic E-state index is 0.0621. The fourth-order valence-electron chi connectivity index (χ4n) is 3.14. The van der Waals surface area contributed by atoms with Crippen molar-refractivity contribution in [2.24, 2.45) is 11.1 Å². The van der Waals surface area contributed by atoms with Gasteiger partial charge in [-0.25, -0.2) is 0 Å². The first-order chi connectivity index (χ1) is 9.87. The molecule has 1 amide bonds. The molecule has 1 aromatic rings. The second-order valence-electron chi connectivity index (χ2n) is 7.36. The zero-order chi connectivity index (χ0) is 15.5. The van der Waals surface area contributed by atoms with Crippen LogP contribution in [0.1, 0.15) is 52.0 Å². The number of rotatable bonds is 3. The van der Waals surface area contributed by atoms with Gasteiger partial charge in [0.15, 0.2) is 0 Å². The molecule has 3 heteroatoms. The Labute approximate surface area is 128 Å². The summed E-state index contributed by atoms with van der Waals surface area (Å²) in [6.45, 7) is 7.31. The van der Waals surface area contributed by atoms with Gasteiger partial charge in [-0.1, -0.05) is 39.0 Å². The van der Waals surface area contributed by atoms with E-state index in [1.54, 1.807) is 0 Å². The highest BCUT2D eigenvalue weighted by atomic mass is 16.2. The molecule has 0 aromatic heterocycles. The number of aryl methyl sites for hydroxylation is 1. The minimum Gasteiger partial charge on any atom is -0.327 e. The number of para-hydroxylation sites is 1. The standard InChI is InChI=1S/C18H28N2O/c1-18(2,3)13-15(19)12-17(21)20-11-7-6-9-14-8-4-5-10-16(14)20/h4-5,8,10,15H,6-7,9,11-13,19H2,1-3H3. The molecule has 0 bridgehead atoms. The van der Waals surface area contributed by atoms with Crippen LogP contribution in [0.25, 0.3) is 0 Å². The molecule has 1 heterocycles. The molecule has 1 atom stereocenters. The van der Waals surface area contributed by atoms with E-state index in [1.165, 1.54) is 5.56 Å². The lowest BCUT2D eigenvalue weighted by molar-refractivity contribution is -0.119. The number of hydrogen-bond donors (Lipinski definition) is 1. The van der Waals surface area contributed by atoms with Crippen LogP contribution in [-0.4, -0.2) is 18.5 Å². The molecule has 2 rings (SSSR count). The summed E-state index contributed by atoms with van der Waals surface area (Å²) in [6.07, 6.45) is 4.58. The van der Waals surface area contributed by atoms with E-state index in [0.717, 1.165) is 37.9 Å². The maximum atomic E-state index is 12.7. The number of benzene rings is 1. The average molecular weight is 288 g/mol. The zero-order valence-corrected chi connectivity index (χ0v) is 13.6. The summed E-state index contributed by atoms with van der Waals surface area (Å²) < 4.78 is 0. The lowest BCUT2D eigenvalue weighted by Crippen LogP contribution is -2.38.